The van der Waals surface area contributed by atoms with Crippen molar-refractivity contribution >= 4 is 17.5 Å². The molecule has 1 heterocycles. The van der Waals surface area contributed by atoms with E-state index >= 15 is 8.78 Å². The highest BCUT2D eigenvalue weighted by Gasteiger charge is 2.45. The lowest BCUT2D eigenvalue weighted by molar-refractivity contribution is -0.274. The normalized spacial score (nSPS) is 17.1. The Balaban J connectivity index is 1.70. The van der Waals surface area contributed by atoms with Crippen LogP contribution in [0.25, 0.3) is 0 Å². The van der Waals surface area contributed by atoms with Gasteiger partial charge < -0.3 is 24.4 Å². The summed E-state index contributed by atoms with van der Waals surface area (Å²) in [6.45, 7) is 3.07. The fourth-order valence-electron chi connectivity index (χ4n) is 4.49. The molecule has 218 valence electrons. The predicted octanol–water partition coefficient (Wildman–Crippen LogP) is 5.73. The zero-order valence-corrected chi connectivity index (χ0v) is 21.9. The molecule has 0 aliphatic carbocycles. The van der Waals surface area contributed by atoms with Gasteiger partial charge in [0.15, 0.2) is 0 Å². The number of hydrogen-bond donors (Lipinski definition) is 1. The van der Waals surface area contributed by atoms with Crippen LogP contribution >= 0.6 is 0 Å². The van der Waals surface area contributed by atoms with Crippen LogP contribution in [-0.4, -0.2) is 44.0 Å². The molecule has 2 amide bonds. The molecule has 0 aromatic heterocycles. The van der Waals surface area contributed by atoms with Crippen LogP contribution in [0, 0.1) is 17.5 Å². The van der Waals surface area contributed by atoms with E-state index in [9.17, 15) is 27.2 Å². The molecule has 3 aromatic rings. The number of hydrogen-bond acceptors (Lipinski definition) is 5. The first kappa shape index (κ1) is 29.6. The number of alkyl halides is 3. The standard InChI is InChI=1S/C28H24F6N2O5/c1-14(2)40-20-9-16(29)8-17(10-20)36-13-21(24-22(30)11-19(39-3)12-23(24)31)25(27(36)38)35-26(37)15-4-6-18(7-5-15)41-28(32,33)34/h4-12,14,21,25H,13H2,1-3H3,(H,35,37)/t21-,25-/m0/s1. The third-order valence-electron chi connectivity index (χ3n) is 6.15. The lowest BCUT2D eigenvalue weighted by Gasteiger charge is -2.20. The molecule has 41 heavy (non-hydrogen) atoms. The molecule has 1 N–H and O–H groups in total. The summed E-state index contributed by atoms with van der Waals surface area (Å²) in [5, 5.41) is 2.42. The van der Waals surface area contributed by atoms with Crippen molar-refractivity contribution in [3.05, 3.63) is 83.2 Å². The summed E-state index contributed by atoms with van der Waals surface area (Å²) >= 11 is 0. The minimum Gasteiger partial charge on any atom is -0.497 e. The molecule has 0 radical (unpaired) electrons. The molecule has 0 unspecified atom stereocenters. The monoisotopic (exact) mass is 582 g/mol. The molecule has 2 atom stereocenters. The number of halogens is 6. The van der Waals surface area contributed by atoms with Crippen molar-refractivity contribution in [1.82, 2.24) is 5.32 Å². The molecule has 1 saturated heterocycles. The van der Waals surface area contributed by atoms with E-state index in [1.54, 1.807) is 13.8 Å². The Morgan fingerprint density at radius 1 is 0.951 bits per heavy atom. The van der Waals surface area contributed by atoms with E-state index in [-0.39, 0.29) is 35.4 Å². The summed E-state index contributed by atoms with van der Waals surface area (Å²) < 4.78 is 96.4. The number of carbonyl (C=O) groups excluding carboxylic acids is 2. The van der Waals surface area contributed by atoms with Crippen LogP contribution < -0.4 is 24.4 Å². The fraction of sp³-hybridized carbons (Fsp3) is 0.286. The summed E-state index contributed by atoms with van der Waals surface area (Å²) in [6, 6.07) is 7.66. The average Bonchev–Trinajstić information content (AvgIpc) is 3.17. The van der Waals surface area contributed by atoms with E-state index in [1.807, 2.05) is 0 Å². The molecule has 1 fully saturated rings. The van der Waals surface area contributed by atoms with E-state index in [0.29, 0.717) is 0 Å². The highest BCUT2D eigenvalue weighted by Crippen LogP contribution is 2.38. The van der Waals surface area contributed by atoms with Gasteiger partial charge in [-0.05, 0) is 44.2 Å². The van der Waals surface area contributed by atoms with E-state index in [2.05, 4.69) is 10.1 Å². The second-order valence-electron chi connectivity index (χ2n) is 9.40. The van der Waals surface area contributed by atoms with Crippen molar-refractivity contribution in [3.63, 3.8) is 0 Å². The summed E-state index contributed by atoms with van der Waals surface area (Å²) in [6.07, 6.45) is -5.27. The lowest BCUT2D eigenvalue weighted by Crippen LogP contribution is -2.44. The molecule has 0 saturated carbocycles. The van der Waals surface area contributed by atoms with Crippen LogP contribution in [-0.2, 0) is 4.79 Å². The van der Waals surface area contributed by atoms with Gasteiger partial charge in [-0.3, -0.25) is 9.59 Å². The van der Waals surface area contributed by atoms with Crippen LogP contribution in [0.5, 0.6) is 17.2 Å². The van der Waals surface area contributed by atoms with Crippen LogP contribution in [0.3, 0.4) is 0 Å². The Morgan fingerprint density at radius 3 is 2.15 bits per heavy atom. The second kappa shape index (κ2) is 11.6. The topological polar surface area (TPSA) is 77.1 Å². The molecule has 0 spiro atoms. The van der Waals surface area contributed by atoms with Crippen LogP contribution in [0.2, 0.25) is 0 Å². The van der Waals surface area contributed by atoms with Gasteiger partial charge in [0.1, 0.15) is 40.7 Å². The van der Waals surface area contributed by atoms with Crippen molar-refractivity contribution in [3.8, 4) is 17.2 Å². The molecule has 1 aliphatic rings. The lowest BCUT2D eigenvalue weighted by atomic mass is 9.92. The molecule has 0 bridgehead atoms. The van der Waals surface area contributed by atoms with Crippen LogP contribution in [0.15, 0.2) is 54.6 Å². The van der Waals surface area contributed by atoms with E-state index in [1.165, 1.54) is 13.2 Å². The summed E-state index contributed by atoms with van der Waals surface area (Å²) in [7, 11) is 1.21. The highest BCUT2D eigenvalue weighted by molar-refractivity contribution is 6.05. The Bertz CT molecular complexity index is 1420. The maximum absolute atomic E-state index is 15.1. The van der Waals surface area contributed by atoms with Crippen molar-refractivity contribution in [2.24, 2.45) is 0 Å². The van der Waals surface area contributed by atoms with Crippen LogP contribution in [0.1, 0.15) is 35.7 Å². The number of carbonyl (C=O) groups is 2. The second-order valence-corrected chi connectivity index (χ2v) is 9.40. The van der Waals surface area contributed by atoms with Gasteiger partial charge in [-0.15, -0.1) is 13.2 Å². The van der Waals surface area contributed by atoms with Gasteiger partial charge in [-0.2, -0.15) is 0 Å². The van der Waals surface area contributed by atoms with Gasteiger partial charge in [0, 0.05) is 47.9 Å². The largest absolute Gasteiger partial charge is 0.573 e. The number of amides is 2. The number of rotatable bonds is 8. The molecule has 3 aromatic carbocycles. The maximum atomic E-state index is 15.1. The maximum Gasteiger partial charge on any atom is 0.573 e. The summed E-state index contributed by atoms with van der Waals surface area (Å²) in [4.78, 5) is 27.7. The average molecular weight is 582 g/mol. The Kier molecular flexibility index (Phi) is 8.36. The van der Waals surface area contributed by atoms with Gasteiger partial charge in [-0.1, -0.05) is 0 Å². The first-order chi connectivity index (χ1) is 19.3. The molecule has 13 heteroatoms. The zero-order valence-electron chi connectivity index (χ0n) is 21.9. The Hall–Kier alpha value is -4.42. The van der Waals surface area contributed by atoms with E-state index in [0.717, 1.165) is 53.4 Å². The van der Waals surface area contributed by atoms with Gasteiger partial charge in [0.2, 0.25) is 5.91 Å². The Labute approximate surface area is 230 Å². The Morgan fingerprint density at radius 2 is 1.59 bits per heavy atom. The van der Waals surface area contributed by atoms with Crippen LogP contribution in [0.4, 0.5) is 32.0 Å². The first-order valence-electron chi connectivity index (χ1n) is 12.2. The highest BCUT2D eigenvalue weighted by atomic mass is 19.4. The summed E-state index contributed by atoms with van der Waals surface area (Å²) in [5.74, 6) is -6.43. The molecule has 4 rings (SSSR count). The summed E-state index contributed by atoms with van der Waals surface area (Å²) in [5.41, 5.74) is -0.648. The molecular weight excluding hydrogens is 558 g/mol. The number of anilines is 1. The smallest absolute Gasteiger partial charge is 0.497 e. The number of methoxy groups -OCH3 is 1. The number of ether oxygens (including phenoxy) is 3. The fourth-order valence-corrected chi connectivity index (χ4v) is 4.49. The number of nitrogens with one attached hydrogen (secondary N) is 1. The van der Waals surface area contributed by atoms with Gasteiger partial charge in [0.05, 0.1) is 18.9 Å². The van der Waals surface area contributed by atoms with E-state index in [4.69, 9.17) is 9.47 Å². The third kappa shape index (κ3) is 6.84. The minimum absolute atomic E-state index is 0.0235. The first-order valence-corrected chi connectivity index (χ1v) is 12.2. The zero-order chi connectivity index (χ0) is 30.1. The quantitative estimate of drug-likeness (QED) is 0.344. The third-order valence-corrected chi connectivity index (χ3v) is 6.15. The van der Waals surface area contributed by atoms with Gasteiger partial charge in [0.25, 0.3) is 5.91 Å². The van der Waals surface area contributed by atoms with Gasteiger partial charge in [-0.25, -0.2) is 13.2 Å². The van der Waals surface area contributed by atoms with Crippen molar-refractivity contribution < 1.29 is 50.1 Å². The molecule has 7 nitrogen and oxygen atoms in total. The number of benzene rings is 3. The minimum atomic E-state index is -4.94. The molecule has 1 aliphatic heterocycles. The van der Waals surface area contributed by atoms with E-state index < -0.39 is 58.9 Å². The van der Waals surface area contributed by atoms with Crippen molar-refractivity contribution in [2.45, 2.75) is 38.3 Å². The van der Waals surface area contributed by atoms with Crippen molar-refractivity contribution in [2.75, 3.05) is 18.6 Å². The molecular formula is C28H24F6N2O5. The predicted molar refractivity (Wildman–Crippen MR) is 135 cm³/mol. The SMILES string of the molecule is COc1cc(F)c([C@@H]2CN(c3cc(F)cc(OC(C)C)c3)C(=O)[C@H]2NC(=O)c2ccc(OC(F)(F)F)cc2)c(F)c1. The van der Waals surface area contributed by atoms with Gasteiger partial charge >= 0.3 is 6.36 Å². The number of nitrogens with zero attached hydrogens (tertiary/aromatic N) is 1. The van der Waals surface area contributed by atoms with Crippen molar-refractivity contribution in [1.29, 1.82) is 0 Å².